The first-order valence-electron chi connectivity index (χ1n) is 9.15. The first-order chi connectivity index (χ1) is 14.0. The lowest BCUT2D eigenvalue weighted by Gasteiger charge is -2.12. The van der Waals surface area contributed by atoms with E-state index in [2.05, 4.69) is 10.3 Å². The fraction of sp³-hybridized carbons (Fsp3) is 0.190. The van der Waals surface area contributed by atoms with Crippen LogP contribution >= 0.6 is 0 Å². The van der Waals surface area contributed by atoms with Crippen LogP contribution in [0.4, 0.5) is 11.4 Å². The third-order valence-electron chi connectivity index (χ3n) is 4.82. The number of amides is 1. The summed E-state index contributed by atoms with van der Waals surface area (Å²) in [4.78, 5) is 39.7. The number of nitro groups is 1. The number of pyridine rings is 1. The van der Waals surface area contributed by atoms with Gasteiger partial charge in [-0.05, 0) is 43.0 Å². The van der Waals surface area contributed by atoms with Crippen LogP contribution in [-0.2, 0) is 22.4 Å². The van der Waals surface area contributed by atoms with Gasteiger partial charge in [0.15, 0.2) is 6.61 Å². The third kappa shape index (κ3) is 3.77. The van der Waals surface area contributed by atoms with Gasteiger partial charge in [0, 0.05) is 28.9 Å². The molecule has 146 valence electrons. The summed E-state index contributed by atoms with van der Waals surface area (Å²) in [6.07, 6.45) is 2.51. The molecule has 4 rings (SSSR count). The van der Waals surface area contributed by atoms with E-state index in [0.717, 1.165) is 36.0 Å². The van der Waals surface area contributed by atoms with Crippen molar-refractivity contribution in [1.29, 1.82) is 0 Å². The van der Waals surface area contributed by atoms with E-state index in [1.807, 2.05) is 24.3 Å². The topological polar surface area (TPSA) is 111 Å². The van der Waals surface area contributed by atoms with Gasteiger partial charge < -0.3 is 10.1 Å². The minimum Gasteiger partial charge on any atom is -0.452 e. The number of non-ortho nitro benzene ring substituents is 1. The van der Waals surface area contributed by atoms with Crippen molar-refractivity contribution in [3.8, 4) is 0 Å². The van der Waals surface area contributed by atoms with Crippen molar-refractivity contribution in [1.82, 2.24) is 4.98 Å². The Balaban J connectivity index is 1.47. The molecule has 0 radical (unpaired) electrons. The van der Waals surface area contributed by atoms with Crippen molar-refractivity contribution >= 4 is 34.2 Å². The number of anilines is 1. The molecule has 0 unspecified atom stereocenters. The van der Waals surface area contributed by atoms with Crippen molar-refractivity contribution in [2.75, 3.05) is 11.9 Å². The highest BCUT2D eigenvalue weighted by Crippen LogP contribution is 2.30. The second-order valence-corrected chi connectivity index (χ2v) is 6.71. The number of aromatic nitrogens is 1. The van der Waals surface area contributed by atoms with Gasteiger partial charge in [0.1, 0.15) is 0 Å². The van der Waals surface area contributed by atoms with Gasteiger partial charge in [-0.2, -0.15) is 0 Å². The van der Waals surface area contributed by atoms with E-state index in [1.165, 1.54) is 24.3 Å². The lowest BCUT2D eigenvalue weighted by Crippen LogP contribution is -2.21. The molecule has 0 atom stereocenters. The van der Waals surface area contributed by atoms with Crippen LogP contribution in [0, 0.1) is 10.1 Å². The number of nitrogens with zero attached hydrogens (tertiary/aromatic N) is 2. The Kier molecular flexibility index (Phi) is 4.90. The first kappa shape index (κ1) is 18.5. The van der Waals surface area contributed by atoms with Gasteiger partial charge in [-0.3, -0.25) is 19.9 Å². The maximum atomic E-state index is 12.8. The van der Waals surface area contributed by atoms with Crippen molar-refractivity contribution in [2.24, 2.45) is 0 Å². The number of fused-ring (bicyclic) bond motifs is 2. The monoisotopic (exact) mass is 391 g/mol. The smallest absolute Gasteiger partial charge is 0.339 e. The van der Waals surface area contributed by atoms with Crippen LogP contribution < -0.4 is 5.32 Å². The van der Waals surface area contributed by atoms with E-state index in [9.17, 15) is 19.7 Å². The van der Waals surface area contributed by atoms with Gasteiger partial charge in [0.2, 0.25) is 0 Å². The van der Waals surface area contributed by atoms with Gasteiger partial charge in [0.25, 0.3) is 11.6 Å². The van der Waals surface area contributed by atoms with Crippen LogP contribution in [-0.4, -0.2) is 28.4 Å². The Morgan fingerprint density at radius 1 is 1.10 bits per heavy atom. The Bertz CT molecular complexity index is 1130. The lowest BCUT2D eigenvalue weighted by molar-refractivity contribution is -0.384. The summed E-state index contributed by atoms with van der Waals surface area (Å²) in [6.45, 7) is -0.457. The Labute approximate surface area is 165 Å². The molecule has 8 nitrogen and oxygen atoms in total. The summed E-state index contributed by atoms with van der Waals surface area (Å²) in [7, 11) is 0. The Hall–Kier alpha value is -3.81. The van der Waals surface area contributed by atoms with E-state index in [1.54, 1.807) is 0 Å². The molecule has 29 heavy (non-hydrogen) atoms. The predicted molar refractivity (Wildman–Crippen MR) is 106 cm³/mol. The van der Waals surface area contributed by atoms with Crippen LogP contribution in [0.25, 0.3) is 10.9 Å². The van der Waals surface area contributed by atoms with Gasteiger partial charge in [-0.25, -0.2) is 4.79 Å². The zero-order chi connectivity index (χ0) is 20.4. The highest BCUT2D eigenvalue weighted by Gasteiger charge is 2.25. The molecule has 3 aromatic rings. The maximum Gasteiger partial charge on any atom is 0.339 e. The molecule has 0 saturated carbocycles. The lowest BCUT2D eigenvalue weighted by atomic mass is 10.0. The SMILES string of the molecule is O=C(COC(=O)c1c2c(nc3ccccc13)CCC2)Nc1ccc([N+](=O)[O-])cc1. The third-order valence-corrected chi connectivity index (χ3v) is 4.82. The average Bonchev–Trinajstić information content (AvgIpc) is 3.18. The molecular weight excluding hydrogens is 374 g/mol. The average molecular weight is 391 g/mol. The number of aryl methyl sites for hydroxylation is 1. The van der Waals surface area contributed by atoms with Crippen molar-refractivity contribution in [2.45, 2.75) is 19.3 Å². The second-order valence-electron chi connectivity index (χ2n) is 6.71. The number of esters is 1. The molecule has 8 heteroatoms. The molecule has 1 heterocycles. The fourth-order valence-corrected chi connectivity index (χ4v) is 3.51. The summed E-state index contributed by atoms with van der Waals surface area (Å²) >= 11 is 0. The van der Waals surface area contributed by atoms with E-state index < -0.39 is 23.4 Å². The van der Waals surface area contributed by atoms with Gasteiger partial charge in [-0.1, -0.05) is 18.2 Å². The quantitative estimate of drug-likeness (QED) is 0.405. The number of ether oxygens (including phenoxy) is 1. The van der Waals surface area contributed by atoms with E-state index in [4.69, 9.17) is 4.74 Å². The summed E-state index contributed by atoms with van der Waals surface area (Å²) in [5.74, 6) is -1.08. The number of benzene rings is 2. The van der Waals surface area contributed by atoms with E-state index >= 15 is 0 Å². The molecule has 1 aliphatic carbocycles. The molecular formula is C21H17N3O5. The molecule has 0 fully saturated rings. The van der Waals surface area contributed by atoms with Crippen LogP contribution in [0.3, 0.4) is 0 Å². The van der Waals surface area contributed by atoms with Crippen molar-refractivity contribution < 1.29 is 19.2 Å². The largest absolute Gasteiger partial charge is 0.452 e. The minimum atomic E-state index is -0.555. The van der Waals surface area contributed by atoms with Crippen LogP contribution in [0.1, 0.15) is 28.0 Å². The number of hydrogen-bond acceptors (Lipinski definition) is 6. The van der Waals surface area contributed by atoms with Crippen molar-refractivity contribution in [3.05, 3.63) is 75.5 Å². The fourth-order valence-electron chi connectivity index (χ4n) is 3.51. The molecule has 0 saturated heterocycles. The van der Waals surface area contributed by atoms with Crippen molar-refractivity contribution in [3.63, 3.8) is 0 Å². The second kappa shape index (κ2) is 7.67. The summed E-state index contributed by atoms with van der Waals surface area (Å²) < 4.78 is 5.27. The molecule has 0 aliphatic heterocycles. The molecule has 1 aliphatic rings. The summed E-state index contributed by atoms with van der Waals surface area (Å²) in [5, 5.41) is 13.9. The van der Waals surface area contributed by atoms with Gasteiger partial charge >= 0.3 is 5.97 Å². The number of carbonyl (C=O) groups excluding carboxylic acids is 2. The van der Waals surface area contributed by atoms with Crippen LogP contribution in [0.15, 0.2) is 48.5 Å². The highest BCUT2D eigenvalue weighted by atomic mass is 16.6. The van der Waals surface area contributed by atoms with Crippen LogP contribution in [0.2, 0.25) is 0 Å². The van der Waals surface area contributed by atoms with Gasteiger partial charge in [-0.15, -0.1) is 0 Å². The molecule has 1 amide bonds. The molecule has 1 N–H and O–H groups in total. The normalized spacial score (nSPS) is 12.4. The van der Waals surface area contributed by atoms with Gasteiger partial charge in [0.05, 0.1) is 16.0 Å². The standard InChI is InChI=1S/C21H17N3O5/c25-19(22-13-8-10-14(11-9-13)24(27)28)12-29-21(26)20-15-4-1-2-6-17(15)23-18-7-3-5-16(18)20/h1-2,4,6,8-11H,3,5,7,12H2,(H,22,25). The molecule has 0 spiro atoms. The zero-order valence-corrected chi connectivity index (χ0v) is 15.4. The minimum absolute atomic E-state index is 0.0761. The number of para-hydroxylation sites is 1. The van der Waals surface area contributed by atoms with Crippen LogP contribution in [0.5, 0.6) is 0 Å². The highest BCUT2D eigenvalue weighted by molar-refractivity contribution is 6.06. The number of hydrogen-bond donors (Lipinski definition) is 1. The zero-order valence-electron chi connectivity index (χ0n) is 15.4. The molecule has 0 bridgehead atoms. The summed E-state index contributed by atoms with van der Waals surface area (Å²) in [5.41, 5.74) is 3.32. The maximum absolute atomic E-state index is 12.8. The van der Waals surface area contributed by atoms with E-state index in [0.29, 0.717) is 16.6 Å². The van der Waals surface area contributed by atoms with E-state index in [-0.39, 0.29) is 5.69 Å². The molecule has 1 aromatic heterocycles. The number of carbonyl (C=O) groups is 2. The molecule has 2 aromatic carbocycles. The number of nitro benzene ring substituents is 1. The number of nitrogens with one attached hydrogen (secondary N) is 1. The predicted octanol–water partition coefficient (Wildman–Crippen LogP) is 3.43. The summed E-state index contributed by atoms with van der Waals surface area (Å²) in [6, 6.07) is 12.8. The Morgan fingerprint density at radius 2 is 1.86 bits per heavy atom. The first-order valence-corrected chi connectivity index (χ1v) is 9.15. The number of rotatable bonds is 5. The Morgan fingerprint density at radius 3 is 2.62 bits per heavy atom.